The van der Waals surface area contributed by atoms with Crippen LogP contribution in [0, 0.1) is 0 Å². The first-order chi connectivity index (χ1) is 5.67. The number of likely N-dealkylation sites (tertiary alicyclic amines) is 1. The van der Waals surface area contributed by atoms with Gasteiger partial charge in [-0.25, -0.2) is 8.78 Å². The van der Waals surface area contributed by atoms with E-state index in [4.69, 9.17) is 9.47 Å². The summed E-state index contributed by atoms with van der Waals surface area (Å²) < 4.78 is 34.8. The zero-order valence-electron chi connectivity index (χ0n) is 6.63. The van der Waals surface area contributed by atoms with Crippen molar-refractivity contribution in [3.63, 3.8) is 0 Å². The number of halogens is 2. The summed E-state index contributed by atoms with van der Waals surface area (Å²) in [7, 11) is 0. The molecule has 2 aliphatic rings. The molecule has 0 spiro atoms. The van der Waals surface area contributed by atoms with Crippen LogP contribution in [0.4, 0.5) is 8.78 Å². The first-order valence-corrected chi connectivity index (χ1v) is 3.95. The molecule has 70 valence electrons. The Morgan fingerprint density at radius 1 is 1.17 bits per heavy atom. The molecule has 0 atom stereocenters. The van der Waals surface area contributed by atoms with Crippen molar-refractivity contribution in [1.29, 1.82) is 0 Å². The Bertz CT molecular complexity index is 163. The maximum absolute atomic E-state index is 12.4. The summed E-state index contributed by atoms with van der Waals surface area (Å²) in [5.41, 5.74) is 0. The molecular weight excluding hydrogens is 168 g/mol. The molecule has 2 aliphatic heterocycles. The van der Waals surface area contributed by atoms with Gasteiger partial charge in [0.25, 0.3) is 5.92 Å². The summed E-state index contributed by atoms with van der Waals surface area (Å²) in [6, 6.07) is 0.0263. The van der Waals surface area contributed by atoms with Crippen LogP contribution in [0.25, 0.3) is 0 Å². The van der Waals surface area contributed by atoms with Gasteiger partial charge in [0, 0.05) is 0 Å². The van der Waals surface area contributed by atoms with Crippen molar-refractivity contribution in [1.82, 2.24) is 4.90 Å². The van der Waals surface area contributed by atoms with Crippen molar-refractivity contribution in [3.8, 4) is 0 Å². The summed E-state index contributed by atoms with van der Waals surface area (Å²) in [6.07, 6.45) is 0. The van der Waals surface area contributed by atoms with E-state index in [0.29, 0.717) is 20.0 Å². The minimum absolute atomic E-state index is 0.0263. The van der Waals surface area contributed by atoms with Gasteiger partial charge in [0.15, 0.2) is 0 Å². The van der Waals surface area contributed by atoms with E-state index in [9.17, 15) is 8.78 Å². The van der Waals surface area contributed by atoms with Crippen LogP contribution in [0.15, 0.2) is 0 Å². The van der Waals surface area contributed by atoms with Crippen molar-refractivity contribution >= 4 is 0 Å². The van der Waals surface area contributed by atoms with Crippen molar-refractivity contribution < 1.29 is 18.3 Å². The molecule has 0 bridgehead atoms. The van der Waals surface area contributed by atoms with E-state index in [1.807, 2.05) is 0 Å². The SMILES string of the molecule is FC1(F)CN(C2COCOC2)C1. The van der Waals surface area contributed by atoms with Crippen molar-refractivity contribution in [2.75, 3.05) is 33.1 Å². The molecule has 2 rings (SSSR count). The largest absolute Gasteiger partial charge is 0.354 e. The minimum atomic E-state index is -2.49. The van der Waals surface area contributed by atoms with Crippen LogP contribution in [-0.4, -0.2) is 50.0 Å². The highest BCUT2D eigenvalue weighted by Crippen LogP contribution is 2.29. The third kappa shape index (κ3) is 1.57. The van der Waals surface area contributed by atoms with Gasteiger partial charge in [-0.3, -0.25) is 4.90 Å². The summed E-state index contributed by atoms with van der Waals surface area (Å²) in [6.45, 7) is 1.02. The number of ether oxygens (including phenoxy) is 2. The Kier molecular flexibility index (Phi) is 2.02. The maximum Gasteiger partial charge on any atom is 0.272 e. The van der Waals surface area contributed by atoms with Crippen molar-refractivity contribution in [2.45, 2.75) is 12.0 Å². The topological polar surface area (TPSA) is 21.7 Å². The van der Waals surface area contributed by atoms with E-state index >= 15 is 0 Å². The second kappa shape index (κ2) is 2.90. The lowest BCUT2D eigenvalue weighted by Crippen LogP contribution is -2.62. The van der Waals surface area contributed by atoms with Crippen LogP contribution in [0.5, 0.6) is 0 Å². The maximum atomic E-state index is 12.4. The zero-order valence-corrected chi connectivity index (χ0v) is 6.63. The van der Waals surface area contributed by atoms with E-state index in [2.05, 4.69) is 0 Å². The quantitative estimate of drug-likeness (QED) is 0.578. The Labute approximate surface area is 69.2 Å². The van der Waals surface area contributed by atoms with Gasteiger partial charge in [0.05, 0.1) is 32.3 Å². The van der Waals surface area contributed by atoms with Crippen molar-refractivity contribution in [2.24, 2.45) is 0 Å². The van der Waals surface area contributed by atoms with E-state index in [1.54, 1.807) is 4.90 Å². The van der Waals surface area contributed by atoms with Gasteiger partial charge in [-0.15, -0.1) is 0 Å². The highest BCUT2D eigenvalue weighted by atomic mass is 19.3. The number of hydrogen-bond acceptors (Lipinski definition) is 3. The molecule has 0 amide bonds. The average molecular weight is 179 g/mol. The fourth-order valence-corrected chi connectivity index (χ4v) is 1.49. The molecule has 0 aromatic carbocycles. The molecule has 0 aliphatic carbocycles. The van der Waals surface area contributed by atoms with Crippen molar-refractivity contribution in [3.05, 3.63) is 0 Å². The van der Waals surface area contributed by atoms with Crippen LogP contribution in [0.2, 0.25) is 0 Å². The zero-order chi connectivity index (χ0) is 8.60. The van der Waals surface area contributed by atoms with Gasteiger partial charge in [0.1, 0.15) is 6.79 Å². The second-order valence-electron chi connectivity index (χ2n) is 3.27. The Hall–Kier alpha value is -0.260. The molecule has 2 fully saturated rings. The predicted octanol–water partition coefficient (Wildman–Crippen LogP) is 0.310. The Balaban J connectivity index is 1.79. The van der Waals surface area contributed by atoms with Gasteiger partial charge in [-0.05, 0) is 0 Å². The highest BCUT2D eigenvalue weighted by molar-refractivity contribution is 4.91. The summed E-state index contributed by atoms with van der Waals surface area (Å²) >= 11 is 0. The molecule has 0 unspecified atom stereocenters. The molecule has 0 saturated carbocycles. The van der Waals surface area contributed by atoms with Crippen LogP contribution in [0.3, 0.4) is 0 Å². The fraction of sp³-hybridized carbons (Fsp3) is 1.00. The third-order valence-corrected chi connectivity index (χ3v) is 2.17. The second-order valence-corrected chi connectivity index (χ2v) is 3.27. The van der Waals surface area contributed by atoms with Crippen LogP contribution in [0.1, 0.15) is 0 Å². The lowest BCUT2D eigenvalue weighted by Gasteiger charge is -2.44. The number of nitrogens with zero attached hydrogens (tertiary/aromatic N) is 1. The van der Waals surface area contributed by atoms with E-state index in [-0.39, 0.29) is 19.1 Å². The van der Waals surface area contributed by atoms with Gasteiger partial charge < -0.3 is 9.47 Å². The molecule has 5 heteroatoms. The molecule has 2 heterocycles. The van der Waals surface area contributed by atoms with Crippen LogP contribution in [-0.2, 0) is 9.47 Å². The van der Waals surface area contributed by atoms with Gasteiger partial charge in [-0.2, -0.15) is 0 Å². The normalized spacial score (nSPS) is 31.5. The van der Waals surface area contributed by atoms with Gasteiger partial charge in [-0.1, -0.05) is 0 Å². The summed E-state index contributed by atoms with van der Waals surface area (Å²) in [5.74, 6) is -2.49. The Morgan fingerprint density at radius 2 is 1.75 bits per heavy atom. The molecule has 0 aromatic heterocycles. The van der Waals surface area contributed by atoms with Crippen LogP contribution < -0.4 is 0 Å². The molecular formula is C7H11F2NO2. The standard InChI is InChI=1S/C7H11F2NO2/c8-7(9)3-10(4-7)6-1-11-5-12-2-6/h6H,1-5H2. The monoisotopic (exact) mass is 179 g/mol. The van der Waals surface area contributed by atoms with Crippen LogP contribution >= 0.6 is 0 Å². The van der Waals surface area contributed by atoms with E-state index < -0.39 is 5.92 Å². The van der Waals surface area contributed by atoms with E-state index in [1.165, 1.54) is 0 Å². The van der Waals surface area contributed by atoms with Gasteiger partial charge >= 0.3 is 0 Å². The summed E-state index contributed by atoms with van der Waals surface area (Å²) in [4.78, 5) is 1.69. The first-order valence-electron chi connectivity index (χ1n) is 3.95. The summed E-state index contributed by atoms with van der Waals surface area (Å²) in [5, 5.41) is 0. The number of alkyl halides is 2. The minimum Gasteiger partial charge on any atom is -0.354 e. The lowest BCUT2D eigenvalue weighted by atomic mass is 10.1. The smallest absolute Gasteiger partial charge is 0.272 e. The molecule has 0 N–H and O–H groups in total. The van der Waals surface area contributed by atoms with E-state index in [0.717, 1.165) is 0 Å². The van der Waals surface area contributed by atoms with Gasteiger partial charge in [0.2, 0.25) is 0 Å². The average Bonchev–Trinajstić information content (AvgIpc) is 2.02. The molecule has 12 heavy (non-hydrogen) atoms. The molecule has 3 nitrogen and oxygen atoms in total. The highest BCUT2D eigenvalue weighted by Gasteiger charge is 2.46. The Morgan fingerprint density at radius 3 is 2.25 bits per heavy atom. The third-order valence-electron chi connectivity index (χ3n) is 2.17. The molecule has 2 saturated heterocycles. The fourth-order valence-electron chi connectivity index (χ4n) is 1.49. The molecule has 0 aromatic rings. The molecule has 0 radical (unpaired) electrons. The number of rotatable bonds is 1. The predicted molar refractivity (Wildman–Crippen MR) is 37.1 cm³/mol. The first kappa shape index (κ1) is 8.34. The lowest BCUT2D eigenvalue weighted by molar-refractivity contribution is -0.196. The number of hydrogen-bond donors (Lipinski definition) is 0.